The first-order chi connectivity index (χ1) is 10.3. The molecule has 0 fully saturated rings. The van der Waals surface area contributed by atoms with E-state index in [-0.39, 0.29) is 5.56 Å². The van der Waals surface area contributed by atoms with Crippen LogP contribution in [0.1, 0.15) is 30.4 Å². The quantitative estimate of drug-likeness (QED) is 0.868. The molecule has 0 saturated carbocycles. The largest absolute Gasteiger partial charge is 0.270 e. The Hall–Kier alpha value is -2.41. The lowest BCUT2D eigenvalue weighted by atomic mass is 9.90. The smallest absolute Gasteiger partial charge is 0.267 e. The van der Waals surface area contributed by atoms with Gasteiger partial charge in [0.2, 0.25) is 0 Å². The molecule has 0 spiro atoms. The molecule has 1 aromatic heterocycles. The van der Waals surface area contributed by atoms with Gasteiger partial charge in [-0.1, -0.05) is 30.3 Å². The number of nitrogens with zero attached hydrogens (tertiary/aromatic N) is 3. The van der Waals surface area contributed by atoms with Crippen molar-refractivity contribution in [1.29, 1.82) is 5.26 Å². The van der Waals surface area contributed by atoms with Crippen molar-refractivity contribution in [3.8, 4) is 17.3 Å². The Bertz CT molecular complexity index is 741. The summed E-state index contributed by atoms with van der Waals surface area (Å²) in [5, 5.41) is 13.3. The Morgan fingerprint density at radius 1 is 1.14 bits per heavy atom. The van der Waals surface area contributed by atoms with E-state index in [4.69, 9.17) is 5.26 Å². The van der Waals surface area contributed by atoms with Gasteiger partial charge in [-0.15, -0.1) is 0 Å². The molecule has 0 amide bonds. The molecule has 1 heterocycles. The van der Waals surface area contributed by atoms with Crippen LogP contribution in [0.5, 0.6) is 0 Å². The fraction of sp³-hybridized carbons (Fsp3) is 0.353. The fourth-order valence-electron chi connectivity index (χ4n) is 2.92. The van der Waals surface area contributed by atoms with Crippen molar-refractivity contribution in [2.24, 2.45) is 0 Å². The van der Waals surface area contributed by atoms with E-state index in [2.05, 4.69) is 11.2 Å². The van der Waals surface area contributed by atoms with Gasteiger partial charge in [0.25, 0.3) is 5.56 Å². The number of nitriles is 1. The maximum Gasteiger partial charge on any atom is 0.270 e. The van der Waals surface area contributed by atoms with Crippen LogP contribution in [0.2, 0.25) is 0 Å². The standard InChI is InChI=1S/C17H17N3O/c18-11-6-12-20-17(21)15-10-5-4-9-14(15)16(19-20)13-7-2-1-3-8-13/h1-3,7-8H,4-6,9-10,12H2. The molecule has 1 aliphatic carbocycles. The SMILES string of the molecule is N#CCCn1nc(-c2ccccc2)c2c(c1=O)CCCC2. The van der Waals surface area contributed by atoms with Gasteiger partial charge in [-0.05, 0) is 31.2 Å². The van der Waals surface area contributed by atoms with E-state index >= 15 is 0 Å². The molecule has 3 rings (SSSR count). The van der Waals surface area contributed by atoms with Crippen molar-refractivity contribution < 1.29 is 0 Å². The first kappa shape index (κ1) is 13.6. The van der Waals surface area contributed by atoms with Gasteiger partial charge in [0.15, 0.2) is 0 Å². The molecular weight excluding hydrogens is 262 g/mol. The van der Waals surface area contributed by atoms with Crippen molar-refractivity contribution in [3.05, 3.63) is 51.8 Å². The molecular formula is C17H17N3O. The summed E-state index contributed by atoms with van der Waals surface area (Å²) in [6.45, 7) is 0.364. The molecule has 21 heavy (non-hydrogen) atoms. The van der Waals surface area contributed by atoms with Crippen LogP contribution >= 0.6 is 0 Å². The van der Waals surface area contributed by atoms with Crippen LogP contribution < -0.4 is 5.56 Å². The third kappa shape index (κ3) is 2.59. The van der Waals surface area contributed by atoms with Crippen molar-refractivity contribution in [1.82, 2.24) is 9.78 Å². The zero-order valence-corrected chi connectivity index (χ0v) is 11.9. The highest BCUT2D eigenvalue weighted by atomic mass is 16.1. The summed E-state index contributed by atoms with van der Waals surface area (Å²) in [7, 11) is 0. The van der Waals surface area contributed by atoms with E-state index < -0.39 is 0 Å². The maximum absolute atomic E-state index is 12.5. The maximum atomic E-state index is 12.5. The highest BCUT2D eigenvalue weighted by Crippen LogP contribution is 2.27. The molecule has 0 atom stereocenters. The van der Waals surface area contributed by atoms with Crippen LogP contribution in [-0.2, 0) is 19.4 Å². The molecule has 2 aromatic rings. The molecule has 0 aliphatic heterocycles. The highest BCUT2D eigenvalue weighted by molar-refractivity contribution is 5.64. The number of fused-ring (bicyclic) bond motifs is 1. The monoisotopic (exact) mass is 279 g/mol. The molecule has 0 bridgehead atoms. The first-order valence-corrected chi connectivity index (χ1v) is 7.36. The minimum atomic E-state index is -0.0142. The van der Waals surface area contributed by atoms with Gasteiger partial charge in [0.1, 0.15) is 0 Å². The number of aryl methyl sites for hydroxylation is 1. The molecule has 0 saturated heterocycles. The van der Waals surface area contributed by atoms with Crippen molar-refractivity contribution in [2.45, 2.75) is 38.6 Å². The van der Waals surface area contributed by atoms with Gasteiger partial charge >= 0.3 is 0 Å². The molecule has 0 unspecified atom stereocenters. The Kier molecular flexibility index (Phi) is 3.83. The number of hydrogen-bond donors (Lipinski definition) is 0. The second kappa shape index (κ2) is 5.92. The van der Waals surface area contributed by atoms with Crippen LogP contribution in [0.4, 0.5) is 0 Å². The highest BCUT2D eigenvalue weighted by Gasteiger charge is 2.20. The summed E-state index contributed by atoms with van der Waals surface area (Å²) >= 11 is 0. The minimum absolute atomic E-state index is 0.0142. The second-order valence-electron chi connectivity index (χ2n) is 5.32. The molecule has 0 radical (unpaired) electrons. The minimum Gasteiger partial charge on any atom is -0.267 e. The summed E-state index contributed by atoms with van der Waals surface area (Å²) in [5.74, 6) is 0. The molecule has 0 N–H and O–H groups in total. The van der Waals surface area contributed by atoms with Crippen LogP contribution in [0, 0.1) is 11.3 Å². The van der Waals surface area contributed by atoms with Gasteiger partial charge < -0.3 is 0 Å². The molecule has 4 heteroatoms. The Morgan fingerprint density at radius 3 is 2.57 bits per heavy atom. The van der Waals surface area contributed by atoms with Crippen LogP contribution in [0.3, 0.4) is 0 Å². The van der Waals surface area contributed by atoms with Gasteiger partial charge in [0, 0.05) is 11.1 Å². The fourth-order valence-corrected chi connectivity index (χ4v) is 2.92. The predicted molar refractivity (Wildman–Crippen MR) is 80.8 cm³/mol. The summed E-state index contributed by atoms with van der Waals surface area (Å²) in [5.41, 5.74) is 3.93. The van der Waals surface area contributed by atoms with E-state index in [1.807, 2.05) is 30.3 Å². The van der Waals surface area contributed by atoms with Gasteiger partial charge in [0.05, 0.1) is 24.7 Å². The summed E-state index contributed by atoms with van der Waals surface area (Å²) in [6.07, 6.45) is 4.21. The topological polar surface area (TPSA) is 58.7 Å². The van der Waals surface area contributed by atoms with Gasteiger partial charge in [-0.3, -0.25) is 4.79 Å². The van der Waals surface area contributed by atoms with E-state index in [0.717, 1.165) is 48.1 Å². The Morgan fingerprint density at radius 2 is 1.86 bits per heavy atom. The molecule has 4 nitrogen and oxygen atoms in total. The average Bonchev–Trinajstić information content (AvgIpc) is 2.55. The zero-order valence-electron chi connectivity index (χ0n) is 11.9. The van der Waals surface area contributed by atoms with E-state index in [1.54, 1.807) is 0 Å². The Labute approximate surface area is 123 Å². The zero-order chi connectivity index (χ0) is 14.7. The predicted octanol–water partition coefficient (Wildman–Crippen LogP) is 2.70. The molecule has 1 aromatic carbocycles. The number of aromatic nitrogens is 2. The van der Waals surface area contributed by atoms with E-state index in [0.29, 0.717) is 13.0 Å². The summed E-state index contributed by atoms with van der Waals surface area (Å²) in [4.78, 5) is 12.5. The van der Waals surface area contributed by atoms with E-state index in [1.165, 1.54) is 4.68 Å². The first-order valence-electron chi connectivity index (χ1n) is 7.36. The molecule has 106 valence electrons. The lowest BCUT2D eigenvalue weighted by Gasteiger charge is -2.20. The van der Waals surface area contributed by atoms with Crippen LogP contribution in [0.25, 0.3) is 11.3 Å². The third-order valence-electron chi connectivity index (χ3n) is 3.95. The number of hydrogen-bond acceptors (Lipinski definition) is 3. The summed E-state index contributed by atoms with van der Waals surface area (Å²) in [6, 6.07) is 12.1. The van der Waals surface area contributed by atoms with Crippen molar-refractivity contribution in [2.75, 3.05) is 0 Å². The van der Waals surface area contributed by atoms with Crippen molar-refractivity contribution >= 4 is 0 Å². The lowest BCUT2D eigenvalue weighted by molar-refractivity contribution is 0.563. The van der Waals surface area contributed by atoms with Crippen LogP contribution in [0.15, 0.2) is 35.1 Å². The second-order valence-corrected chi connectivity index (χ2v) is 5.32. The Balaban J connectivity index is 2.18. The summed E-state index contributed by atoms with van der Waals surface area (Å²) < 4.78 is 1.47. The van der Waals surface area contributed by atoms with Gasteiger partial charge in [-0.25, -0.2) is 4.68 Å². The van der Waals surface area contributed by atoms with Gasteiger partial charge in [-0.2, -0.15) is 10.4 Å². The van der Waals surface area contributed by atoms with E-state index in [9.17, 15) is 4.79 Å². The lowest BCUT2D eigenvalue weighted by Crippen LogP contribution is -2.30. The average molecular weight is 279 g/mol. The van der Waals surface area contributed by atoms with Crippen molar-refractivity contribution in [3.63, 3.8) is 0 Å². The molecule has 1 aliphatic rings. The van der Waals surface area contributed by atoms with Crippen LogP contribution in [-0.4, -0.2) is 9.78 Å². The number of benzene rings is 1. The normalized spacial score (nSPS) is 13.5. The third-order valence-corrected chi connectivity index (χ3v) is 3.95. The number of rotatable bonds is 3.